The van der Waals surface area contributed by atoms with Crippen LogP contribution in [0.3, 0.4) is 0 Å². The summed E-state index contributed by atoms with van der Waals surface area (Å²) in [5.41, 5.74) is 0.432. The molecule has 28 heavy (non-hydrogen) atoms. The normalized spacial score (nSPS) is 10.5. The molecule has 0 saturated carbocycles. The number of hydrogen-bond donors (Lipinski definition) is 0. The molecule has 0 atom stereocenters. The first-order valence-electron chi connectivity index (χ1n) is 8.02. The molecule has 3 rings (SSSR count). The number of thiazole rings is 1. The Morgan fingerprint density at radius 2 is 1.93 bits per heavy atom. The van der Waals surface area contributed by atoms with Gasteiger partial charge < -0.3 is 4.74 Å². The fourth-order valence-electron chi connectivity index (χ4n) is 2.50. The second-order valence-electron chi connectivity index (χ2n) is 5.73. The first kappa shape index (κ1) is 19.7. The number of aryl methyl sites for hydroxylation is 1. The zero-order valence-corrected chi connectivity index (χ0v) is 16.1. The van der Waals surface area contributed by atoms with Crippen molar-refractivity contribution in [3.05, 3.63) is 90.4 Å². The third kappa shape index (κ3) is 4.24. The number of nitro groups is 1. The third-order valence-corrected chi connectivity index (χ3v) is 4.96. The maximum absolute atomic E-state index is 12.9. The highest BCUT2D eigenvalue weighted by atomic mass is 35.5. The lowest BCUT2D eigenvalue weighted by molar-refractivity contribution is -0.384. The Morgan fingerprint density at radius 3 is 2.57 bits per heavy atom. The molecule has 0 aliphatic carbocycles. The van der Waals surface area contributed by atoms with Crippen molar-refractivity contribution < 1.29 is 19.2 Å². The van der Waals surface area contributed by atoms with Crippen molar-refractivity contribution in [3.63, 3.8) is 0 Å². The number of esters is 1. The van der Waals surface area contributed by atoms with Crippen LogP contribution in [0.2, 0.25) is 5.02 Å². The smallest absolute Gasteiger partial charge is 0.339 e. The van der Waals surface area contributed by atoms with Crippen molar-refractivity contribution in [1.29, 1.82) is 0 Å². The highest BCUT2D eigenvalue weighted by Gasteiger charge is 2.22. The van der Waals surface area contributed by atoms with Gasteiger partial charge in [0.2, 0.25) is 0 Å². The summed E-state index contributed by atoms with van der Waals surface area (Å²) in [5.74, 6) is -1.23. The molecule has 1 aromatic heterocycles. The van der Waals surface area contributed by atoms with Crippen LogP contribution in [-0.2, 0) is 11.3 Å². The molecule has 142 valence electrons. The average Bonchev–Trinajstić information content (AvgIpc) is 3.11. The largest absolute Gasteiger partial charge is 0.456 e. The van der Waals surface area contributed by atoms with Gasteiger partial charge in [0.15, 0.2) is 5.78 Å². The summed E-state index contributed by atoms with van der Waals surface area (Å²) in [7, 11) is 0. The van der Waals surface area contributed by atoms with Crippen molar-refractivity contribution in [2.75, 3.05) is 0 Å². The molecule has 0 unspecified atom stereocenters. The Hall–Kier alpha value is -3.10. The summed E-state index contributed by atoms with van der Waals surface area (Å²) < 4.78 is 5.26. The van der Waals surface area contributed by atoms with E-state index in [0.29, 0.717) is 5.69 Å². The number of carbonyl (C=O) groups is 2. The van der Waals surface area contributed by atoms with Crippen LogP contribution in [0.5, 0.6) is 0 Å². The van der Waals surface area contributed by atoms with E-state index in [1.807, 2.05) is 6.92 Å². The number of halogens is 1. The van der Waals surface area contributed by atoms with Gasteiger partial charge in [-0.25, -0.2) is 9.78 Å². The van der Waals surface area contributed by atoms with Gasteiger partial charge in [-0.3, -0.25) is 14.9 Å². The molecule has 0 aliphatic rings. The van der Waals surface area contributed by atoms with Gasteiger partial charge >= 0.3 is 5.97 Å². The van der Waals surface area contributed by atoms with E-state index in [1.165, 1.54) is 35.6 Å². The lowest BCUT2D eigenvalue weighted by Crippen LogP contribution is -2.13. The summed E-state index contributed by atoms with van der Waals surface area (Å²) in [6.45, 7) is 1.83. The van der Waals surface area contributed by atoms with Crippen LogP contribution >= 0.6 is 22.9 Å². The molecule has 0 aliphatic heterocycles. The van der Waals surface area contributed by atoms with Gasteiger partial charge in [-0.15, -0.1) is 11.3 Å². The number of nitrogens with zero attached hydrogens (tertiary/aromatic N) is 2. The molecule has 0 spiro atoms. The Kier molecular flexibility index (Phi) is 5.81. The number of aromatic nitrogens is 1. The number of ether oxygens (including phenoxy) is 1. The number of ketones is 1. The van der Waals surface area contributed by atoms with E-state index in [2.05, 4.69) is 4.98 Å². The van der Waals surface area contributed by atoms with Crippen LogP contribution < -0.4 is 0 Å². The molecule has 2 aromatic carbocycles. The number of hydrogen-bond acceptors (Lipinski definition) is 7. The first-order valence-corrected chi connectivity index (χ1v) is 9.28. The van der Waals surface area contributed by atoms with E-state index in [1.54, 1.807) is 17.5 Å². The van der Waals surface area contributed by atoms with Crippen LogP contribution in [0.15, 0.2) is 47.8 Å². The standard InChI is InChI=1S/C19H13ClN2O5S/c1-11-21-13(10-28-11)9-27-19(24)15-5-3-2-4-14(15)18(23)12-6-7-16(20)17(8-12)22(25)26/h2-8,10H,9H2,1H3. The molecule has 0 saturated heterocycles. The second kappa shape index (κ2) is 8.28. The van der Waals surface area contributed by atoms with Gasteiger partial charge in [0.25, 0.3) is 5.69 Å². The number of nitro benzene ring substituents is 1. The van der Waals surface area contributed by atoms with E-state index in [4.69, 9.17) is 16.3 Å². The molecule has 0 fully saturated rings. The molecule has 7 nitrogen and oxygen atoms in total. The van der Waals surface area contributed by atoms with E-state index in [-0.39, 0.29) is 34.0 Å². The minimum absolute atomic E-state index is 0.0158. The Morgan fingerprint density at radius 1 is 1.21 bits per heavy atom. The quantitative estimate of drug-likeness (QED) is 0.252. The third-order valence-electron chi connectivity index (χ3n) is 3.81. The summed E-state index contributed by atoms with van der Waals surface area (Å²) in [6.07, 6.45) is 0. The lowest BCUT2D eigenvalue weighted by atomic mass is 9.98. The number of rotatable bonds is 6. The van der Waals surface area contributed by atoms with Crippen molar-refractivity contribution in [3.8, 4) is 0 Å². The van der Waals surface area contributed by atoms with Crippen LogP contribution in [-0.4, -0.2) is 21.7 Å². The summed E-state index contributed by atoms with van der Waals surface area (Å²) in [5, 5.41) is 13.6. The van der Waals surface area contributed by atoms with Crippen LogP contribution in [0.25, 0.3) is 0 Å². The SMILES string of the molecule is Cc1nc(COC(=O)c2ccccc2C(=O)c2ccc(Cl)c([N+](=O)[O-])c2)cs1. The summed E-state index contributed by atoms with van der Waals surface area (Å²) >= 11 is 7.23. The van der Waals surface area contributed by atoms with Crippen molar-refractivity contribution >= 4 is 40.4 Å². The Bertz CT molecular complexity index is 1080. The topological polar surface area (TPSA) is 99.4 Å². The second-order valence-corrected chi connectivity index (χ2v) is 7.20. The lowest BCUT2D eigenvalue weighted by Gasteiger charge is -2.09. The first-order chi connectivity index (χ1) is 13.4. The molecule has 3 aromatic rings. The minimum Gasteiger partial charge on any atom is -0.456 e. The molecule has 1 heterocycles. The molecule has 0 radical (unpaired) electrons. The minimum atomic E-state index is -0.682. The number of benzene rings is 2. The zero-order chi connectivity index (χ0) is 20.3. The van der Waals surface area contributed by atoms with E-state index in [9.17, 15) is 19.7 Å². The van der Waals surface area contributed by atoms with Gasteiger partial charge in [-0.1, -0.05) is 29.8 Å². The molecule has 0 N–H and O–H groups in total. The monoisotopic (exact) mass is 416 g/mol. The molecule has 0 amide bonds. The van der Waals surface area contributed by atoms with Gasteiger partial charge in [0, 0.05) is 22.6 Å². The van der Waals surface area contributed by atoms with Crippen molar-refractivity contribution in [1.82, 2.24) is 4.98 Å². The van der Waals surface area contributed by atoms with E-state index >= 15 is 0 Å². The van der Waals surface area contributed by atoms with Crippen LogP contribution in [0, 0.1) is 17.0 Å². The molecule has 0 bridgehead atoms. The van der Waals surface area contributed by atoms with Gasteiger partial charge in [-0.05, 0) is 25.1 Å². The van der Waals surface area contributed by atoms with Crippen molar-refractivity contribution in [2.45, 2.75) is 13.5 Å². The van der Waals surface area contributed by atoms with Crippen LogP contribution in [0.4, 0.5) is 5.69 Å². The zero-order valence-electron chi connectivity index (χ0n) is 14.5. The average molecular weight is 417 g/mol. The number of carbonyl (C=O) groups excluding carboxylic acids is 2. The van der Waals surface area contributed by atoms with Crippen molar-refractivity contribution in [2.24, 2.45) is 0 Å². The van der Waals surface area contributed by atoms with Gasteiger partial charge in [0.1, 0.15) is 11.6 Å². The summed E-state index contributed by atoms with van der Waals surface area (Å²) in [6, 6.07) is 9.86. The van der Waals surface area contributed by atoms with Crippen LogP contribution in [0.1, 0.15) is 37.0 Å². The maximum Gasteiger partial charge on any atom is 0.339 e. The van der Waals surface area contributed by atoms with Gasteiger partial charge in [-0.2, -0.15) is 0 Å². The predicted molar refractivity (Wildman–Crippen MR) is 104 cm³/mol. The highest BCUT2D eigenvalue weighted by molar-refractivity contribution is 7.09. The molecular formula is C19H13ClN2O5S. The van der Waals surface area contributed by atoms with Gasteiger partial charge in [0.05, 0.1) is 21.2 Å². The molecular weight excluding hydrogens is 404 g/mol. The fraction of sp³-hybridized carbons (Fsp3) is 0.105. The van der Waals surface area contributed by atoms with E-state index in [0.717, 1.165) is 11.1 Å². The molecule has 9 heteroatoms. The maximum atomic E-state index is 12.9. The Balaban J connectivity index is 1.87. The Labute approximate surface area is 168 Å². The van der Waals surface area contributed by atoms with E-state index < -0.39 is 16.7 Å². The highest BCUT2D eigenvalue weighted by Crippen LogP contribution is 2.27. The fourth-order valence-corrected chi connectivity index (χ4v) is 3.28. The summed E-state index contributed by atoms with van der Waals surface area (Å²) in [4.78, 5) is 39.9. The predicted octanol–water partition coefficient (Wildman–Crippen LogP) is 4.60.